The number of benzene rings is 2. The number of hydroxylamine groups is 2. The number of nitro groups is 2. The molecular formula is C28H26N4O6. The van der Waals surface area contributed by atoms with Crippen molar-refractivity contribution >= 4 is 11.4 Å². The third-order valence-electron chi connectivity index (χ3n) is 6.47. The number of rotatable bonds is 8. The molecule has 4 rings (SSSR count). The molecule has 0 fully saturated rings. The monoisotopic (exact) mass is 514 g/mol. The van der Waals surface area contributed by atoms with Gasteiger partial charge in [0.1, 0.15) is 5.70 Å². The Morgan fingerprint density at radius 1 is 0.711 bits per heavy atom. The second-order valence-corrected chi connectivity index (χ2v) is 9.22. The summed E-state index contributed by atoms with van der Waals surface area (Å²) >= 11 is 0. The van der Waals surface area contributed by atoms with Crippen LogP contribution in [-0.2, 0) is 12.8 Å². The summed E-state index contributed by atoms with van der Waals surface area (Å²) in [6, 6.07) is 12.7. The molecule has 10 nitrogen and oxygen atoms in total. The van der Waals surface area contributed by atoms with Gasteiger partial charge in [0.2, 0.25) is 5.70 Å². The molecule has 2 aliphatic rings. The van der Waals surface area contributed by atoms with Crippen LogP contribution >= 0.6 is 0 Å². The second kappa shape index (κ2) is 11.1. The molecule has 2 aromatic rings. The molecule has 0 radical (unpaired) electrons. The summed E-state index contributed by atoms with van der Waals surface area (Å²) in [4.78, 5) is 33.9. The third kappa shape index (κ3) is 5.98. The van der Waals surface area contributed by atoms with Crippen LogP contribution in [-0.4, -0.2) is 19.7 Å². The van der Waals surface area contributed by atoms with Crippen LogP contribution in [0.15, 0.2) is 107 Å². The van der Waals surface area contributed by atoms with E-state index in [-0.39, 0.29) is 22.8 Å². The number of allylic oxidation sites excluding steroid dienone is 8. The van der Waals surface area contributed by atoms with E-state index in [4.69, 9.17) is 0 Å². The summed E-state index contributed by atoms with van der Waals surface area (Å²) in [5.74, 6) is 0. The van der Waals surface area contributed by atoms with Crippen LogP contribution in [0.3, 0.4) is 0 Å². The van der Waals surface area contributed by atoms with E-state index in [1.807, 2.05) is 0 Å². The Bertz CT molecular complexity index is 1450. The summed E-state index contributed by atoms with van der Waals surface area (Å²) in [5.41, 5.74) is 5.07. The van der Waals surface area contributed by atoms with E-state index < -0.39 is 9.85 Å². The Kier molecular flexibility index (Phi) is 7.73. The second-order valence-electron chi connectivity index (χ2n) is 9.22. The molecule has 0 bridgehead atoms. The predicted octanol–water partition coefficient (Wildman–Crippen LogP) is 6.55. The molecule has 0 saturated heterocycles. The van der Waals surface area contributed by atoms with Crippen LogP contribution in [0.1, 0.15) is 37.8 Å². The van der Waals surface area contributed by atoms with Gasteiger partial charge in [-0.15, -0.1) is 0 Å². The fourth-order valence-electron chi connectivity index (χ4n) is 4.38. The van der Waals surface area contributed by atoms with Crippen LogP contribution in [0.2, 0.25) is 0 Å². The number of nitrogens with zero attached hydrogens (tertiary/aromatic N) is 4. The number of nitroso groups, excluding NO2 is 1. The van der Waals surface area contributed by atoms with Gasteiger partial charge in [0.05, 0.1) is 14.6 Å². The number of hydrogen-bond acceptors (Lipinski definition) is 7. The highest BCUT2D eigenvalue weighted by atomic mass is 16.6. The number of non-ortho nitro benzene ring substituents is 2. The minimum atomic E-state index is -0.441. The molecule has 2 aromatic carbocycles. The smallest absolute Gasteiger partial charge is 0.286 e. The van der Waals surface area contributed by atoms with Gasteiger partial charge in [-0.05, 0) is 67.0 Å². The van der Waals surface area contributed by atoms with Crippen molar-refractivity contribution in [1.82, 2.24) is 5.06 Å². The van der Waals surface area contributed by atoms with Gasteiger partial charge >= 0.3 is 0 Å². The highest BCUT2D eigenvalue weighted by molar-refractivity contribution is 5.45. The maximum absolute atomic E-state index is 13.0. The van der Waals surface area contributed by atoms with Crippen molar-refractivity contribution in [3.05, 3.63) is 148 Å². The zero-order valence-electron chi connectivity index (χ0n) is 21.0. The Morgan fingerprint density at radius 3 is 1.66 bits per heavy atom. The first kappa shape index (κ1) is 26.4. The predicted molar refractivity (Wildman–Crippen MR) is 142 cm³/mol. The van der Waals surface area contributed by atoms with Gasteiger partial charge in [-0.2, -0.15) is 0 Å². The van der Waals surface area contributed by atoms with Crippen molar-refractivity contribution in [2.75, 3.05) is 0 Å². The van der Waals surface area contributed by atoms with Crippen molar-refractivity contribution in [2.24, 2.45) is 0 Å². The molecule has 0 saturated carbocycles. The molecular weight excluding hydrogens is 488 g/mol. The lowest BCUT2D eigenvalue weighted by atomic mass is 9.97. The van der Waals surface area contributed by atoms with E-state index in [0.717, 1.165) is 32.1 Å². The van der Waals surface area contributed by atoms with E-state index in [1.165, 1.54) is 24.3 Å². The van der Waals surface area contributed by atoms with Crippen LogP contribution in [0.4, 0.5) is 11.4 Å². The van der Waals surface area contributed by atoms with Gasteiger partial charge in [0, 0.05) is 53.9 Å². The molecule has 38 heavy (non-hydrogen) atoms. The molecule has 10 heteroatoms. The quantitative estimate of drug-likeness (QED) is 0.222. The van der Waals surface area contributed by atoms with Crippen molar-refractivity contribution in [3.63, 3.8) is 0 Å². The summed E-state index contributed by atoms with van der Waals surface area (Å²) in [7, 11) is 0. The normalized spacial score (nSPS) is 17.4. The SMILES string of the molecule is CC1=CC(CCc2ccc([N+](=O)[O-])cc2)=CC(=C2C=C(CCc3ccc([N+](=O)[O-])cc3)C=C(C)[N+]2=O)N1[O-]. The molecule has 0 aromatic heterocycles. The highest BCUT2D eigenvalue weighted by Crippen LogP contribution is 2.32. The minimum absolute atomic E-state index is 0.0304. The van der Waals surface area contributed by atoms with Gasteiger partial charge in [-0.3, -0.25) is 20.2 Å². The first-order valence-electron chi connectivity index (χ1n) is 12.1. The van der Waals surface area contributed by atoms with Crippen molar-refractivity contribution in [1.29, 1.82) is 0 Å². The molecule has 0 unspecified atom stereocenters. The molecule has 0 atom stereocenters. The molecule has 2 aliphatic heterocycles. The van der Waals surface area contributed by atoms with E-state index in [0.29, 0.717) is 37.1 Å². The number of hydrogen-bond donors (Lipinski definition) is 0. The van der Waals surface area contributed by atoms with Crippen LogP contribution < -0.4 is 0 Å². The van der Waals surface area contributed by atoms with Gasteiger partial charge in [-0.25, -0.2) is 0 Å². The Balaban J connectivity index is 1.55. The van der Waals surface area contributed by atoms with Gasteiger partial charge < -0.3 is 10.3 Å². The molecule has 0 amide bonds. The maximum Gasteiger partial charge on any atom is 0.286 e. The minimum Gasteiger partial charge on any atom is -0.754 e. The third-order valence-corrected chi connectivity index (χ3v) is 6.47. The average Bonchev–Trinajstić information content (AvgIpc) is 2.90. The highest BCUT2D eigenvalue weighted by Gasteiger charge is 2.29. The van der Waals surface area contributed by atoms with Gasteiger partial charge in [0.15, 0.2) is 0 Å². The molecule has 2 heterocycles. The molecule has 0 N–H and O–H groups in total. The molecule has 0 spiro atoms. The maximum atomic E-state index is 13.0. The largest absolute Gasteiger partial charge is 0.754 e. The molecule has 0 aliphatic carbocycles. The summed E-state index contributed by atoms with van der Waals surface area (Å²) < 4.78 is 0.749. The van der Waals surface area contributed by atoms with E-state index in [2.05, 4.69) is 0 Å². The molecule has 194 valence electrons. The zero-order chi connectivity index (χ0) is 27.4. The van der Waals surface area contributed by atoms with Crippen molar-refractivity contribution in [2.45, 2.75) is 39.5 Å². The Hall–Kier alpha value is -4.70. The van der Waals surface area contributed by atoms with E-state index >= 15 is 0 Å². The summed E-state index contributed by atoms with van der Waals surface area (Å²) in [5, 5.41) is 35.5. The van der Waals surface area contributed by atoms with Crippen LogP contribution in [0, 0.1) is 30.3 Å². The standard InChI is InChI=1S/C28H26N4O6/c1-19-15-23(5-3-21-7-11-25(12-8-21)31(35)36)17-27(29(19)33)28-18-24(16-20(2)30(28)34)6-4-22-9-13-26(14-10-22)32(37)38/h7-18H,3-6H2,1-2H3. The fraction of sp³-hybridized carbons (Fsp3) is 0.214. The lowest BCUT2D eigenvalue weighted by Crippen LogP contribution is -2.22. The average molecular weight is 515 g/mol. The number of aryl methyl sites for hydroxylation is 2. The Morgan fingerprint density at radius 2 is 1.18 bits per heavy atom. The summed E-state index contributed by atoms with van der Waals surface area (Å²) in [6.07, 6.45) is 9.40. The first-order valence-corrected chi connectivity index (χ1v) is 12.1. The topological polar surface area (TPSA) is 133 Å². The number of nitro benzene ring substituents is 2. The van der Waals surface area contributed by atoms with Crippen LogP contribution in [0.5, 0.6) is 0 Å². The van der Waals surface area contributed by atoms with Crippen LogP contribution in [0.25, 0.3) is 0 Å². The first-order chi connectivity index (χ1) is 18.1. The van der Waals surface area contributed by atoms with E-state index in [9.17, 15) is 30.3 Å². The van der Waals surface area contributed by atoms with Crippen molar-refractivity contribution < 1.29 is 14.6 Å². The van der Waals surface area contributed by atoms with Gasteiger partial charge in [-0.1, -0.05) is 24.3 Å². The Labute approximate surface area is 219 Å². The lowest BCUT2D eigenvalue weighted by Gasteiger charge is -2.35. The zero-order valence-corrected chi connectivity index (χ0v) is 21.0. The summed E-state index contributed by atoms with van der Waals surface area (Å²) in [6.45, 7) is 3.37. The van der Waals surface area contributed by atoms with Crippen molar-refractivity contribution in [3.8, 4) is 0 Å². The van der Waals surface area contributed by atoms with Gasteiger partial charge in [0.25, 0.3) is 17.1 Å². The van der Waals surface area contributed by atoms with E-state index in [1.54, 1.807) is 62.4 Å². The lowest BCUT2D eigenvalue weighted by molar-refractivity contribution is -0.442. The fourth-order valence-corrected chi connectivity index (χ4v) is 4.38.